The normalized spacial score (nSPS) is 30.4. The summed E-state index contributed by atoms with van der Waals surface area (Å²) in [6, 6.07) is 9.80. The molecule has 0 N–H and O–H groups in total. The van der Waals surface area contributed by atoms with Gasteiger partial charge in [-0.05, 0) is 80.4 Å². The van der Waals surface area contributed by atoms with Gasteiger partial charge in [0.15, 0.2) is 5.78 Å². The van der Waals surface area contributed by atoms with Crippen molar-refractivity contribution in [1.29, 1.82) is 5.26 Å². The van der Waals surface area contributed by atoms with E-state index in [-0.39, 0.29) is 34.9 Å². The number of anilines is 1. The molecule has 1 fully saturated rings. The van der Waals surface area contributed by atoms with E-state index in [0.717, 1.165) is 36.3 Å². The minimum atomic E-state index is -0.334. The maximum atomic E-state index is 13.3. The van der Waals surface area contributed by atoms with Gasteiger partial charge in [0, 0.05) is 36.1 Å². The molecule has 3 aliphatic rings. The summed E-state index contributed by atoms with van der Waals surface area (Å²) in [5.74, 6) is 1.40. The van der Waals surface area contributed by atoms with Crippen LogP contribution in [-0.2, 0) is 9.59 Å². The molecular formula is C26H30N2O3. The van der Waals surface area contributed by atoms with Gasteiger partial charge < -0.3 is 4.74 Å². The Hall–Kier alpha value is -2.87. The molecule has 1 aromatic carbocycles. The highest BCUT2D eigenvalue weighted by Crippen LogP contribution is 2.57. The lowest BCUT2D eigenvalue weighted by molar-refractivity contribution is -0.128. The maximum absolute atomic E-state index is 13.3. The number of ketones is 1. The summed E-state index contributed by atoms with van der Waals surface area (Å²) in [5.41, 5.74) is 2.79. The molecule has 2 aliphatic carbocycles. The number of carbonyl (C=O) groups is 2. The second kappa shape index (κ2) is 8.34. The number of nitrogens with zero attached hydrogens (tertiary/aromatic N) is 2. The van der Waals surface area contributed by atoms with Crippen LogP contribution in [0.15, 0.2) is 47.7 Å². The fraction of sp³-hybridized carbons (Fsp3) is 0.500. The molecule has 162 valence electrons. The Kier molecular flexibility index (Phi) is 5.75. The molecule has 0 aromatic heterocycles. The number of allylic oxidation sites excluding steroid dienone is 3. The van der Waals surface area contributed by atoms with Gasteiger partial charge >= 0.3 is 0 Å². The summed E-state index contributed by atoms with van der Waals surface area (Å²) in [6.45, 7) is 4.21. The van der Waals surface area contributed by atoms with E-state index in [1.54, 1.807) is 12.0 Å². The Morgan fingerprint density at radius 2 is 1.97 bits per heavy atom. The molecule has 0 unspecified atom stereocenters. The van der Waals surface area contributed by atoms with E-state index in [4.69, 9.17) is 10.00 Å². The summed E-state index contributed by atoms with van der Waals surface area (Å²) in [6.07, 6.45) is 8.00. The number of rotatable bonds is 4. The summed E-state index contributed by atoms with van der Waals surface area (Å²) in [5, 5.41) is 9.11. The first-order chi connectivity index (χ1) is 14.9. The van der Waals surface area contributed by atoms with Gasteiger partial charge in [-0.25, -0.2) is 0 Å². The summed E-state index contributed by atoms with van der Waals surface area (Å²) in [7, 11) is 1.62. The van der Waals surface area contributed by atoms with Crippen molar-refractivity contribution in [2.75, 3.05) is 12.0 Å². The smallest absolute Gasteiger partial charge is 0.231 e. The molecule has 5 heteroatoms. The van der Waals surface area contributed by atoms with Gasteiger partial charge in [-0.3, -0.25) is 14.5 Å². The lowest BCUT2D eigenvalue weighted by atomic mass is 9.52. The lowest BCUT2D eigenvalue weighted by Crippen LogP contribution is -2.48. The van der Waals surface area contributed by atoms with Crippen LogP contribution in [-0.4, -0.2) is 18.8 Å². The Balaban J connectivity index is 1.71. The largest absolute Gasteiger partial charge is 0.497 e. The number of benzene rings is 1. The number of hydrogen-bond donors (Lipinski definition) is 0. The van der Waals surface area contributed by atoms with E-state index in [1.807, 2.05) is 43.5 Å². The quantitative estimate of drug-likeness (QED) is 0.675. The molecule has 1 heterocycles. The molecule has 0 radical (unpaired) electrons. The van der Waals surface area contributed by atoms with E-state index in [0.29, 0.717) is 19.3 Å². The molecule has 1 aliphatic heterocycles. The third-order valence-corrected chi connectivity index (χ3v) is 7.70. The third kappa shape index (κ3) is 3.69. The fourth-order valence-corrected chi connectivity index (χ4v) is 6.03. The predicted octanol–water partition coefficient (Wildman–Crippen LogP) is 5.19. The van der Waals surface area contributed by atoms with Gasteiger partial charge in [0.25, 0.3) is 0 Å². The highest BCUT2D eigenvalue weighted by atomic mass is 16.5. The van der Waals surface area contributed by atoms with Crippen LogP contribution in [0.1, 0.15) is 52.4 Å². The first-order valence-corrected chi connectivity index (χ1v) is 11.2. The SMILES string of the molecule is COc1ccc(N2C=C3CC[C@H]4[C@H](CCC#N)C(C)=CC(=O)[C@@H]4[C@@]3(C)CCC2=O)cc1. The van der Waals surface area contributed by atoms with E-state index in [2.05, 4.69) is 13.0 Å². The zero-order chi connectivity index (χ0) is 22.2. The molecule has 1 amide bonds. The van der Waals surface area contributed by atoms with Crippen molar-refractivity contribution in [1.82, 2.24) is 0 Å². The molecule has 4 rings (SSSR count). The molecule has 1 aromatic rings. The average Bonchev–Trinajstić information content (AvgIpc) is 2.89. The third-order valence-electron chi connectivity index (χ3n) is 7.70. The van der Waals surface area contributed by atoms with Crippen molar-refractivity contribution >= 4 is 17.4 Å². The zero-order valence-electron chi connectivity index (χ0n) is 18.6. The molecule has 31 heavy (non-hydrogen) atoms. The minimum Gasteiger partial charge on any atom is -0.497 e. The summed E-state index contributed by atoms with van der Waals surface area (Å²) >= 11 is 0. The van der Waals surface area contributed by atoms with Crippen molar-refractivity contribution in [3.63, 3.8) is 0 Å². The Bertz CT molecular complexity index is 985. The number of hydrogen-bond acceptors (Lipinski definition) is 4. The Morgan fingerprint density at radius 3 is 2.65 bits per heavy atom. The first-order valence-electron chi connectivity index (χ1n) is 11.2. The molecule has 1 saturated carbocycles. The molecular weight excluding hydrogens is 388 g/mol. The van der Waals surface area contributed by atoms with E-state index < -0.39 is 0 Å². The van der Waals surface area contributed by atoms with Gasteiger partial charge in [-0.2, -0.15) is 5.26 Å². The molecule has 5 nitrogen and oxygen atoms in total. The monoisotopic (exact) mass is 418 g/mol. The zero-order valence-corrected chi connectivity index (χ0v) is 18.6. The minimum absolute atomic E-state index is 0.0563. The first kappa shape index (κ1) is 21.4. The number of fused-ring (bicyclic) bond motifs is 3. The summed E-state index contributed by atoms with van der Waals surface area (Å²) < 4.78 is 5.25. The molecule has 0 bridgehead atoms. The second-order valence-electron chi connectivity index (χ2n) is 9.31. The van der Waals surface area contributed by atoms with Crippen LogP contribution in [0.2, 0.25) is 0 Å². The topological polar surface area (TPSA) is 70.4 Å². The van der Waals surface area contributed by atoms with Crippen molar-refractivity contribution < 1.29 is 14.3 Å². The van der Waals surface area contributed by atoms with Gasteiger partial charge in [-0.15, -0.1) is 0 Å². The van der Waals surface area contributed by atoms with E-state index >= 15 is 0 Å². The number of carbonyl (C=O) groups excluding carboxylic acids is 2. The van der Waals surface area contributed by atoms with E-state index in [9.17, 15) is 9.59 Å². The van der Waals surface area contributed by atoms with Gasteiger partial charge in [0.05, 0.1) is 13.2 Å². The Labute approximate surface area is 184 Å². The van der Waals surface area contributed by atoms with Gasteiger partial charge in [0.1, 0.15) is 5.75 Å². The second-order valence-corrected chi connectivity index (χ2v) is 9.31. The highest BCUT2D eigenvalue weighted by molar-refractivity contribution is 5.97. The molecule has 0 saturated heterocycles. The number of methoxy groups -OCH3 is 1. The number of nitriles is 1. The van der Waals surface area contributed by atoms with Crippen molar-refractivity contribution in [2.45, 2.75) is 52.4 Å². The number of ether oxygens (including phenoxy) is 1. The average molecular weight is 419 g/mol. The van der Waals surface area contributed by atoms with Crippen molar-refractivity contribution in [3.8, 4) is 11.8 Å². The van der Waals surface area contributed by atoms with Crippen LogP contribution < -0.4 is 9.64 Å². The molecule has 4 atom stereocenters. The molecule has 0 spiro atoms. The van der Waals surface area contributed by atoms with Crippen LogP contribution in [0.3, 0.4) is 0 Å². The van der Waals surface area contributed by atoms with Gasteiger partial charge in [-0.1, -0.05) is 12.5 Å². The lowest BCUT2D eigenvalue weighted by Gasteiger charge is -2.51. The number of amides is 1. The van der Waals surface area contributed by atoms with Crippen LogP contribution in [0.4, 0.5) is 5.69 Å². The summed E-state index contributed by atoms with van der Waals surface area (Å²) in [4.78, 5) is 28.1. The maximum Gasteiger partial charge on any atom is 0.231 e. The highest BCUT2D eigenvalue weighted by Gasteiger charge is 2.53. The van der Waals surface area contributed by atoms with Crippen LogP contribution >= 0.6 is 0 Å². The predicted molar refractivity (Wildman–Crippen MR) is 119 cm³/mol. The van der Waals surface area contributed by atoms with Crippen molar-refractivity contribution in [2.24, 2.45) is 23.2 Å². The van der Waals surface area contributed by atoms with Crippen molar-refractivity contribution in [3.05, 3.63) is 47.7 Å². The Morgan fingerprint density at radius 1 is 1.23 bits per heavy atom. The van der Waals surface area contributed by atoms with Crippen LogP contribution in [0, 0.1) is 34.5 Å². The van der Waals surface area contributed by atoms with Gasteiger partial charge in [0.2, 0.25) is 5.91 Å². The van der Waals surface area contributed by atoms with E-state index in [1.165, 1.54) is 5.57 Å². The van der Waals surface area contributed by atoms with Crippen LogP contribution in [0.25, 0.3) is 0 Å². The van der Waals surface area contributed by atoms with Crippen LogP contribution in [0.5, 0.6) is 5.75 Å². The standard InChI is InChI=1S/C26H30N2O3/c1-17-15-23(29)25-22(21(17)5-4-14-27)11-6-18-16-28(24(30)12-13-26(18,25)2)19-7-9-20(31-3)10-8-19/h7-10,15-16,21-22,25H,4-6,11-13H2,1-3H3/t21-,22+,25-,26+/m1/s1. The fourth-order valence-electron chi connectivity index (χ4n) is 6.03.